The summed E-state index contributed by atoms with van der Waals surface area (Å²) in [6.45, 7) is 12.6. The molecule has 120 valence electrons. The molecule has 0 bridgehead atoms. The molecule has 0 spiro atoms. The molecular formula is C20H28O2. The van der Waals surface area contributed by atoms with E-state index < -0.39 is 0 Å². The third kappa shape index (κ3) is 4.00. The Bertz CT molecular complexity index is 527. The Kier molecular flexibility index (Phi) is 5.44. The minimum Gasteiger partial charge on any atom is -0.458 e. The van der Waals surface area contributed by atoms with Gasteiger partial charge in [0.05, 0.1) is 5.56 Å². The summed E-state index contributed by atoms with van der Waals surface area (Å²) >= 11 is 0. The Hall–Kier alpha value is -1.57. The largest absolute Gasteiger partial charge is 0.458 e. The maximum Gasteiger partial charge on any atom is 0.338 e. The van der Waals surface area contributed by atoms with Crippen molar-refractivity contribution in [2.75, 3.05) is 0 Å². The Balaban J connectivity index is 2.07. The zero-order chi connectivity index (χ0) is 16.3. The van der Waals surface area contributed by atoms with E-state index >= 15 is 0 Å². The number of ether oxygens (including phenoxy) is 1. The van der Waals surface area contributed by atoms with E-state index in [0.717, 1.165) is 24.0 Å². The number of hydrogen-bond acceptors (Lipinski definition) is 2. The molecule has 2 nitrogen and oxygen atoms in total. The molecule has 0 saturated heterocycles. The molecule has 0 amide bonds. The van der Waals surface area contributed by atoms with Crippen LogP contribution in [0, 0.1) is 17.8 Å². The third-order valence-electron chi connectivity index (χ3n) is 4.83. The molecule has 1 aliphatic carbocycles. The van der Waals surface area contributed by atoms with Gasteiger partial charge >= 0.3 is 5.97 Å². The maximum absolute atomic E-state index is 12.4. The van der Waals surface area contributed by atoms with Crippen LogP contribution in [-0.2, 0) is 4.74 Å². The number of carbonyl (C=O) groups is 1. The van der Waals surface area contributed by atoms with Crippen LogP contribution in [-0.4, -0.2) is 12.1 Å². The van der Waals surface area contributed by atoms with Gasteiger partial charge in [0.15, 0.2) is 0 Å². The fraction of sp³-hybridized carbons (Fsp3) is 0.550. The standard InChI is InChI=1S/C20H28O2/c1-13(2)16-7-9-17(10-8-16)20(21)22-19-12-15(5)6-11-18(19)14(3)4/h7-10,14-15,18-19H,1,6,11-12H2,2-5H3. The van der Waals surface area contributed by atoms with Crippen molar-refractivity contribution in [2.24, 2.45) is 17.8 Å². The summed E-state index contributed by atoms with van der Waals surface area (Å²) in [5.74, 6) is 1.47. The molecule has 0 radical (unpaired) electrons. The normalized spacial score (nSPS) is 25.0. The van der Waals surface area contributed by atoms with Gasteiger partial charge in [0.25, 0.3) is 0 Å². The minimum atomic E-state index is -0.196. The number of benzene rings is 1. The Morgan fingerprint density at radius 2 is 1.77 bits per heavy atom. The summed E-state index contributed by atoms with van der Waals surface area (Å²) in [7, 11) is 0. The number of hydrogen-bond donors (Lipinski definition) is 0. The average molecular weight is 300 g/mol. The molecule has 1 saturated carbocycles. The fourth-order valence-corrected chi connectivity index (χ4v) is 3.35. The predicted molar refractivity (Wildman–Crippen MR) is 91.7 cm³/mol. The first kappa shape index (κ1) is 16.8. The molecule has 2 heteroatoms. The molecule has 1 aliphatic rings. The predicted octanol–water partition coefficient (Wildman–Crippen LogP) is 5.34. The lowest BCUT2D eigenvalue weighted by atomic mass is 9.75. The van der Waals surface area contributed by atoms with Gasteiger partial charge in [0.2, 0.25) is 0 Å². The number of carbonyl (C=O) groups excluding carboxylic acids is 1. The molecular weight excluding hydrogens is 272 g/mol. The van der Waals surface area contributed by atoms with Crippen molar-refractivity contribution in [3.05, 3.63) is 42.0 Å². The third-order valence-corrected chi connectivity index (χ3v) is 4.83. The lowest BCUT2D eigenvalue weighted by Gasteiger charge is -2.36. The highest BCUT2D eigenvalue weighted by molar-refractivity contribution is 5.90. The smallest absolute Gasteiger partial charge is 0.338 e. The van der Waals surface area contributed by atoms with Gasteiger partial charge in [-0.2, -0.15) is 0 Å². The number of rotatable bonds is 4. The van der Waals surface area contributed by atoms with Crippen LogP contribution >= 0.6 is 0 Å². The topological polar surface area (TPSA) is 26.3 Å². The van der Waals surface area contributed by atoms with Crippen LogP contribution < -0.4 is 0 Å². The van der Waals surface area contributed by atoms with Crippen LogP contribution in [0.4, 0.5) is 0 Å². The molecule has 3 unspecified atom stereocenters. The van der Waals surface area contributed by atoms with Crippen molar-refractivity contribution in [1.82, 2.24) is 0 Å². The zero-order valence-electron chi connectivity index (χ0n) is 14.3. The summed E-state index contributed by atoms with van der Waals surface area (Å²) in [5, 5.41) is 0. The van der Waals surface area contributed by atoms with Crippen LogP contribution in [0.1, 0.15) is 62.9 Å². The van der Waals surface area contributed by atoms with E-state index in [1.165, 1.54) is 6.42 Å². The van der Waals surface area contributed by atoms with Crippen molar-refractivity contribution in [3.8, 4) is 0 Å². The van der Waals surface area contributed by atoms with Gasteiger partial charge in [-0.1, -0.05) is 51.5 Å². The van der Waals surface area contributed by atoms with Gasteiger partial charge in [-0.25, -0.2) is 4.79 Å². The van der Waals surface area contributed by atoms with E-state index in [1.54, 1.807) is 0 Å². The second-order valence-electron chi connectivity index (χ2n) is 7.13. The molecule has 1 aromatic carbocycles. The summed E-state index contributed by atoms with van der Waals surface area (Å²) in [6, 6.07) is 7.54. The molecule has 3 atom stereocenters. The van der Waals surface area contributed by atoms with E-state index in [9.17, 15) is 4.79 Å². The van der Waals surface area contributed by atoms with E-state index in [1.807, 2.05) is 31.2 Å². The fourth-order valence-electron chi connectivity index (χ4n) is 3.35. The van der Waals surface area contributed by atoms with Gasteiger partial charge < -0.3 is 4.74 Å². The van der Waals surface area contributed by atoms with Crippen LogP contribution in [0.3, 0.4) is 0 Å². The average Bonchev–Trinajstić information content (AvgIpc) is 2.47. The molecule has 1 fully saturated rings. The first-order valence-corrected chi connectivity index (χ1v) is 8.35. The van der Waals surface area contributed by atoms with E-state index in [2.05, 4.69) is 27.4 Å². The van der Waals surface area contributed by atoms with Crippen molar-refractivity contribution in [2.45, 2.75) is 53.1 Å². The molecule has 0 aliphatic heterocycles. The zero-order valence-corrected chi connectivity index (χ0v) is 14.3. The highest BCUT2D eigenvalue weighted by atomic mass is 16.5. The lowest BCUT2D eigenvalue weighted by molar-refractivity contribution is -0.0174. The summed E-state index contributed by atoms with van der Waals surface area (Å²) in [5.41, 5.74) is 2.69. The van der Waals surface area contributed by atoms with E-state index in [0.29, 0.717) is 23.3 Å². The second-order valence-corrected chi connectivity index (χ2v) is 7.13. The quantitative estimate of drug-likeness (QED) is 0.702. The van der Waals surface area contributed by atoms with Gasteiger partial charge in [0, 0.05) is 0 Å². The second kappa shape index (κ2) is 7.13. The Morgan fingerprint density at radius 3 is 2.32 bits per heavy atom. The Morgan fingerprint density at radius 1 is 1.18 bits per heavy atom. The number of allylic oxidation sites excluding steroid dienone is 1. The van der Waals surface area contributed by atoms with E-state index in [4.69, 9.17) is 4.74 Å². The van der Waals surface area contributed by atoms with Crippen molar-refractivity contribution in [3.63, 3.8) is 0 Å². The minimum absolute atomic E-state index is 0.0528. The molecule has 0 heterocycles. The Labute approximate surface area is 134 Å². The van der Waals surface area contributed by atoms with Gasteiger partial charge in [-0.3, -0.25) is 0 Å². The first-order chi connectivity index (χ1) is 10.4. The van der Waals surface area contributed by atoms with Gasteiger partial charge in [-0.15, -0.1) is 0 Å². The SMILES string of the molecule is C=C(C)c1ccc(C(=O)OC2CC(C)CCC2C(C)C)cc1. The number of esters is 1. The van der Waals surface area contributed by atoms with Crippen LogP contribution in [0.15, 0.2) is 30.8 Å². The summed E-state index contributed by atoms with van der Waals surface area (Å²) < 4.78 is 5.86. The van der Waals surface area contributed by atoms with Crippen molar-refractivity contribution < 1.29 is 9.53 Å². The first-order valence-electron chi connectivity index (χ1n) is 8.35. The van der Waals surface area contributed by atoms with Crippen LogP contribution in [0.5, 0.6) is 0 Å². The summed E-state index contributed by atoms with van der Waals surface area (Å²) in [6.07, 6.45) is 3.44. The highest BCUT2D eigenvalue weighted by Gasteiger charge is 2.33. The van der Waals surface area contributed by atoms with E-state index in [-0.39, 0.29) is 12.1 Å². The molecule has 0 N–H and O–H groups in total. The molecule has 0 aromatic heterocycles. The summed E-state index contributed by atoms with van der Waals surface area (Å²) in [4.78, 5) is 12.4. The van der Waals surface area contributed by atoms with Crippen LogP contribution in [0.25, 0.3) is 5.57 Å². The van der Waals surface area contributed by atoms with Crippen molar-refractivity contribution in [1.29, 1.82) is 0 Å². The monoisotopic (exact) mass is 300 g/mol. The highest BCUT2D eigenvalue weighted by Crippen LogP contribution is 2.35. The lowest BCUT2D eigenvalue weighted by Crippen LogP contribution is -2.35. The molecule has 2 rings (SSSR count). The van der Waals surface area contributed by atoms with Crippen LogP contribution in [0.2, 0.25) is 0 Å². The van der Waals surface area contributed by atoms with Gasteiger partial charge in [0.1, 0.15) is 6.10 Å². The molecule has 22 heavy (non-hydrogen) atoms. The maximum atomic E-state index is 12.4. The van der Waals surface area contributed by atoms with Gasteiger partial charge in [-0.05, 0) is 55.2 Å². The molecule has 1 aromatic rings. The van der Waals surface area contributed by atoms with Crippen molar-refractivity contribution >= 4 is 11.5 Å².